The fourth-order valence-electron chi connectivity index (χ4n) is 4.51. The van der Waals surface area contributed by atoms with Gasteiger partial charge in [0.15, 0.2) is 5.11 Å². The van der Waals surface area contributed by atoms with Gasteiger partial charge in [-0.3, -0.25) is 4.79 Å². The van der Waals surface area contributed by atoms with Crippen molar-refractivity contribution in [1.82, 2.24) is 19.8 Å². The number of alkyl halides is 3. The molecule has 4 rings (SSSR count). The topological polar surface area (TPSA) is 86.0 Å². The van der Waals surface area contributed by atoms with E-state index in [4.69, 9.17) is 29.1 Å². The fourth-order valence-corrected chi connectivity index (χ4v) is 4.96. The first kappa shape index (κ1) is 31.5. The zero-order chi connectivity index (χ0) is 31.0. The van der Waals surface area contributed by atoms with E-state index in [0.717, 1.165) is 11.6 Å². The van der Waals surface area contributed by atoms with E-state index in [9.17, 15) is 18.0 Å². The summed E-state index contributed by atoms with van der Waals surface area (Å²) in [7, 11) is 0. The molecule has 0 spiro atoms. The fraction of sp³-hybridized carbons (Fsp3) is 0.226. The molecule has 1 atom stereocenters. The molecule has 1 aromatic heterocycles. The lowest BCUT2D eigenvalue weighted by Crippen LogP contribution is -2.46. The second kappa shape index (κ2) is 14.2. The minimum atomic E-state index is -4.54. The number of rotatable bonds is 10. The highest BCUT2D eigenvalue weighted by molar-refractivity contribution is 7.80. The molecule has 1 amide bonds. The van der Waals surface area contributed by atoms with E-state index in [2.05, 4.69) is 21.7 Å². The molecule has 0 aliphatic rings. The van der Waals surface area contributed by atoms with Gasteiger partial charge in [0.25, 0.3) is 0 Å². The number of halogens is 4. The Bertz CT molecular complexity index is 1620. The molecule has 1 heterocycles. The smallest absolute Gasteiger partial charge is 0.352 e. The van der Waals surface area contributed by atoms with E-state index < -0.39 is 17.8 Å². The molecule has 12 heteroatoms. The van der Waals surface area contributed by atoms with Gasteiger partial charge in [0, 0.05) is 48.3 Å². The van der Waals surface area contributed by atoms with Crippen LogP contribution in [0.25, 0.3) is 0 Å². The van der Waals surface area contributed by atoms with E-state index in [-0.39, 0.29) is 36.1 Å². The second-order valence-electron chi connectivity index (χ2n) is 9.94. The summed E-state index contributed by atoms with van der Waals surface area (Å²) in [5.74, 6) is -0.279. The van der Waals surface area contributed by atoms with E-state index >= 15 is 0 Å². The molecule has 4 aromatic rings. The van der Waals surface area contributed by atoms with Gasteiger partial charge in [0.1, 0.15) is 0 Å². The molecule has 0 saturated carbocycles. The highest BCUT2D eigenvalue weighted by Crippen LogP contribution is 2.32. The minimum absolute atomic E-state index is 0.0444. The number of hydrogen-bond donors (Lipinski definition) is 2. The summed E-state index contributed by atoms with van der Waals surface area (Å²) in [6, 6.07) is 20.9. The van der Waals surface area contributed by atoms with Crippen LogP contribution in [0.3, 0.4) is 0 Å². The van der Waals surface area contributed by atoms with Gasteiger partial charge in [-0.1, -0.05) is 48.0 Å². The normalized spacial score (nSPS) is 11.8. The van der Waals surface area contributed by atoms with Crippen LogP contribution in [0.2, 0.25) is 5.02 Å². The number of carbonyl (C=O) groups excluding carboxylic acids is 1. The molecule has 0 aliphatic heterocycles. The molecule has 0 radical (unpaired) electrons. The van der Waals surface area contributed by atoms with Gasteiger partial charge in [-0.05, 0) is 66.7 Å². The van der Waals surface area contributed by atoms with Crippen molar-refractivity contribution >= 4 is 40.5 Å². The third-order valence-electron chi connectivity index (χ3n) is 6.52. The summed E-state index contributed by atoms with van der Waals surface area (Å²) in [5.41, 5.74) is 2.07. The number of carbonyl (C=O) groups is 1. The van der Waals surface area contributed by atoms with Crippen LogP contribution in [0, 0.1) is 11.3 Å². The summed E-state index contributed by atoms with van der Waals surface area (Å²) in [4.78, 5) is 18.8. The maximum Gasteiger partial charge on any atom is 0.416 e. The van der Waals surface area contributed by atoms with Gasteiger partial charge in [0.2, 0.25) is 5.91 Å². The molecule has 2 N–H and O–H groups in total. The van der Waals surface area contributed by atoms with Crippen LogP contribution in [-0.4, -0.2) is 38.1 Å². The lowest BCUT2D eigenvalue weighted by molar-refractivity contribution is -0.138. The Morgan fingerprint density at radius 1 is 1.14 bits per heavy atom. The number of nitriles is 1. The van der Waals surface area contributed by atoms with Crippen molar-refractivity contribution in [3.63, 3.8) is 0 Å². The number of thiocarbonyl (C=S) groups is 1. The first-order chi connectivity index (χ1) is 20.5. The van der Waals surface area contributed by atoms with Crippen molar-refractivity contribution in [2.24, 2.45) is 0 Å². The molecule has 0 unspecified atom stereocenters. The highest BCUT2D eigenvalue weighted by Gasteiger charge is 2.33. The van der Waals surface area contributed by atoms with Crippen LogP contribution in [0.15, 0.2) is 85.3 Å². The summed E-state index contributed by atoms with van der Waals surface area (Å²) in [6.45, 7) is 2.23. The number of aromatic nitrogens is 2. The van der Waals surface area contributed by atoms with Crippen molar-refractivity contribution < 1.29 is 18.0 Å². The molecular formula is C31H28ClF3N6OS. The summed E-state index contributed by atoms with van der Waals surface area (Å²) < 4.78 is 43.1. The Kier molecular flexibility index (Phi) is 10.4. The molecule has 43 heavy (non-hydrogen) atoms. The van der Waals surface area contributed by atoms with Gasteiger partial charge in [-0.25, -0.2) is 4.98 Å². The Labute approximate surface area is 257 Å². The van der Waals surface area contributed by atoms with Crippen molar-refractivity contribution in [2.75, 3.05) is 11.9 Å². The van der Waals surface area contributed by atoms with Crippen molar-refractivity contribution in [2.45, 2.75) is 38.7 Å². The van der Waals surface area contributed by atoms with E-state index in [0.29, 0.717) is 28.5 Å². The summed E-state index contributed by atoms with van der Waals surface area (Å²) in [6.07, 6.45) is -1.25. The minimum Gasteiger partial charge on any atom is -0.352 e. The van der Waals surface area contributed by atoms with Gasteiger partial charge in [-0.15, -0.1) is 0 Å². The average Bonchev–Trinajstić information content (AvgIpc) is 3.38. The number of nitrogens with one attached hydrogen (secondary N) is 2. The summed E-state index contributed by atoms with van der Waals surface area (Å²) >= 11 is 11.7. The first-order valence-corrected chi connectivity index (χ1v) is 14.0. The van der Waals surface area contributed by atoms with Gasteiger partial charge in [-0.2, -0.15) is 18.4 Å². The van der Waals surface area contributed by atoms with E-state index in [1.807, 2.05) is 16.7 Å². The number of anilines is 1. The second-order valence-corrected chi connectivity index (χ2v) is 10.8. The van der Waals surface area contributed by atoms with Crippen LogP contribution < -0.4 is 10.6 Å². The van der Waals surface area contributed by atoms with Gasteiger partial charge in [0.05, 0.1) is 29.9 Å². The number of nitrogens with zero attached hydrogens (tertiary/aromatic N) is 4. The number of hydrogen-bond acceptors (Lipinski definition) is 4. The highest BCUT2D eigenvalue weighted by atomic mass is 35.5. The predicted molar refractivity (Wildman–Crippen MR) is 163 cm³/mol. The Balaban J connectivity index is 1.45. The quantitative estimate of drug-likeness (QED) is 0.198. The summed E-state index contributed by atoms with van der Waals surface area (Å²) in [5, 5.41) is 15.6. The third kappa shape index (κ3) is 9.04. The van der Waals surface area contributed by atoms with Crippen LogP contribution >= 0.6 is 23.8 Å². The Morgan fingerprint density at radius 2 is 1.88 bits per heavy atom. The van der Waals surface area contributed by atoms with Crippen LogP contribution in [0.4, 0.5) is 18.9 Å². The standard InChI is InChI=1S/C31H28ClF3N6OS/c1-21(38-29(42)14-27-16-37-20-41(27)18-23-11-9-22(15-36)10-12-23)17-40(30(43)39-26-7-4-6-25(32)13-26)19-24-5-2-3-8-28(24)31(33,34)35/h2-13,16,20-21H,14,17-19H2,1H3,(H,38,42)(H,39,43)/t21-/m0/s1. The largest absolute Gasteiger partial charge is 0.416 e. The lowest BCUT2D eigenvalue weighted by atomic mass is 10.1. The Hall–Kier alpha value is -4.40. The molecule has 0 saturated heterocycles. The van der Waals surface area contributed by atoms with Crippen molar-refractivity contribution in [1.29, 1.82) is 5.26 Å². The van der Waals surface area contributed by atoms with Crippen molar-refractivity contribution in [3.05, 3.63) is 118 Å². The molecule has 0 bridgehead atoms. The van der Waals surface area contributed by atoms with Crippen LogP contribution in [0.1, 0.15) is 34.9 Å². The zero-order valence-electron chi connectivity index (χ0n) is 23.1. The molecule has 7 nitrogen and oxygen atoms in total. The SMILES string of the molecule is C[C@@H](CN(Cc1ccccc1C(F)(F)F)C(=S)Nc1cccc(Cl)c1)NC(=O)Cc1cncn1Cc1ccc(C#N)cc1. The van der Waals surface area contributed by atoms with Crippen molar-refractivity contribution in [3.8, 4) is 6.07 Å². The number of benzene rings is 3. The van der Waals surface area contributed by atoms with Gasteiger partial charge < -0.3 is 20.1 Å². The molecular weight excluding hydrogens is 597 g/mol. The van der Waals surface area contributed by atoms with Gasteiger partial charge >= 0.3 is 6.18 Å². The van der Waals surface area contributed by atoms with E-state index in [1.54, 1.807) is 66.8 Å². The lowest BCUT2D eigenvalue weighted by Gasteiger charge is -2.30. The van der Waals surface area contributed by atoms with E-state index in [1.165, 1.54) is 12.1 Å². The first-order valence-electron chi connectivity index (χ1n) is 13.3. The number of imidazole rings is 1. The average molecular weight is 625 g/mol. The maximum atomic E-state index is 13.8. The Morgan fingerprint density at radius 3 is 2.58 bits per heavy atom. The monoisotopic (exact) mass is 624 g/mol. The number of amides is 1. The maximum absolute atomic E-state index is 13.8. The van der Waals surface area contributed by atoms with Crippen LogP contribution in [-0.2, 0) is 30.5 Å². The molecule has 3 aromatic carbocycles. The zero-order valence-corrected chi connectivity index (χ0v) is 24.7. The third-order valence-corrected chi connectivity index (χ3v) is 7.12. The predicted octanol–water partition coefficient (Wildman–Crippen LogP) is 6.42. The molecule has 0 aliphatic carbocycles. The molecule has 222 valence electrons. The van der Waals surface area contributed by atoms with Crippen LogP contribution in [0.5, 0.6) is 0 Å². The molecule has 0 fully saturated rings.